The lowest BCUT2D eigenvalue weighted by atomic mass is 10.00. The average Bonchev–Trinajstić information content (AvgIpc) is 2.97. The van der Waals surface area contributed by atoms with Gasteiger partial charge in [-0.2, -0.15) is 0 Å². The Bertz CT molecular complexity index is 1390. The monoisotopic (exact) mass is 540 g/mol. The molecule has 1 saturated heterocycles. The number of nitrogens with one attached hydrogen (secondary N) is 1. The number of carbonyl (C=O) groups is 1. The first-order chi connectivity index (χ1) is 19.1. The fourth-order valence-electron chi connectivity index (χ4n) is 4.76. The topological polar surface area (TPSA) is 74.2 Å². The predicted octanol–water partition coefficient (Wildman–Crippen LogP) is 5.37. The Hall–Kier alpha value is -3.65. The zero-order valence-corrected chi connectivity index (χ0v) is 22.9. The van der Waals surface area contributed by atoms with Crippen LogP contribution in [0.15, 0.2) is 79.3 Å². The lowest BCUT2D eigenvalue weighted by Gasteiger charge is -2.34. The number of Topliss-reactive ketones (excluding diaryl/α,β-unsaturated/α-hetero) is 1. The van der Waals surface area contributed by atoms with E-state index in [1.807, 2.05) is 55.5 Å². The number of alkyl halides is 1. The molecule has 4 aromatic rings. The Morgan fingerprint density at radius 2 is 1.72 bits per heavy atom. The Balaban J connectivity index is 1.20. The maximum absolute atomic E-state index is 13.1. The summed E-state index contributed by atoms with van der Waals surface area (Å²) in [5, 5.41) is 3.32. The van der Waals surface area contributed by atoms with Gasteiger partial charge in [-0.05, 0) is 47.9 Å². The van der Waals surface area contributed by atoms with Crippen LogP contribution in [0, 0.1) is 6.92 Å². The summed E-state index contributed by atoms with van der Waals surface area (Å²) in [7, 11) is 0. The third kappa shape index (κ3) is 7.26. The zero-order valence-electron chi connectivity index (χ0n) is 22.2. The molecule has 0 amide bonds. The number of benzene rings is 2. The quantitative estimate of drug-likeness (QED) is 0.214. The summed E-state index contributed by atoms with van der Waals surface area (Å²) < 4.78 is 0. The number of ketones is 1. The molecule has 0 spiro atoms. The van der Waals surface area contributed by atoms with E-state index in [-0.39, 0.29) is 5.78 Å². The molecule has 0 radical (unpaired) electrons. The Morgan fingerprint density at radius 1 is 0.949 bits per heavy atom. The van der Waals surface area contributed by atoms with Gasteiger partial charge < -0.3 is 5.32 Å². The number of carbonyl (C=O) groups excluding carboxylic acids is 1. The molecule has 8 heteroatoms. The molecule has 1 N–H and O–H groups in total. The first-order valence-corrected chi connectivity index (χ1v) is 13.8. The van der Waals surface area contributed by atoms with E-state index >= 15 is 0 Å². The Kier molecular flexibility index (Phi) is 8.93. The van der Waals surface area contributed by atoms with Gasteiger partial charge in [0.25, 0.3) is 0 Å². The van der Waals surface area contributed by atoms with E-state index in [2.05, 4.69) is 42.2 Å². The Morgan fingerprint density at radius 3 is 2.46 bits per heavy atom. The number of hydrogen-bond donors (Lipinski definition) is 1. The van der Waals surface area contributed by atoms with Gasteiger partial charge in [-0.25, -0.2) is 9.97 Å². The van der Waals surface area contributed by atoms with E-state index in [4.69, 9.17) is 11.6 Å². The number of aromatic nitrogens is 3. The molecule has 3 heterocycles. The van der Waals surface area contributed by atoms with E-state index in [1.54, 1.807) is 18.6 Å². The second-order valence-electron chi connectivity index (χ2n) is 9.89. The van der Waals surface area contributed by atoms with Gasteiger partial charge in [0.05, 0.1) is 5.69 Å². The van der Waals surface area contributed by atoms with Crippen molar-refractivity contribution >= 4 is 29.0 Å². The standard InChI is InChI=1S/C31H33ClN6O/c1-23-4-5-25(19-29(23)36-31-34-13-10-28(35-31)27-3-2-12-33-21-27)20-30(39)26-8-6-24(7-9-26)22-38-17-15-37(14-11-32)16-18-38/h2-10,12-13,19,21H,11,14-18,20,22H2,1H3,(H,34,35,36). The summed E-state index contributed by atoms with van der Waals surface area (Å²) in [6.07, 6.45) is 5.57. The van der Waals surface area contributed by atoms with Gasteiger partial charge >= 0.3 is 0 Å². The highest BCUT2D eigenvalue weighted by Gasteiger charge is 2.17. The molecule has 39 heavy (non-hydrogen) atoms. The second-order valence-corrected chi connectivity index (χ2v) is 10.3. The molecule has 1 fully saturated rings. The van der Waals surface area contributed by atoms with Crippen molar-refractivity contribution in [3.63, 3.8) is 0 Å². The van der Waals surface area contributed by atoms with Crippen LogP contribution in [0.5, 0.6) is 0 Å². The van der Waals surface area contributed by atoms with E-state index in [0.717, 1.165) is 72.9 Å². The van der Waals surface area contributed by atoms with Crippen LogP contribution in [-0.4, -0.2) is 69.1 Å². The lowest BCUT2D eigenvalue weighted by molar-refractivity contribution is 0.0993. The summed E-state index contributed by atoms with van der Waals surface area (Å²) in [6.45, 7) is 8.07. The minimum Gasteiger partial charge on any atom is -0.324 e. The molecule has 1 aliphatic rings. The van der Waals surface area contributed by atoms with Gasteiger partial charge in [0.15, 0.2) is 5.78 Å². The van der Waals surface area contributed by atoms with Gasteiger partial charge in [-0.15, -0.1) is 11.6 Å². The molecule has 0 atom stereocenters. The van der Waals surface area contributed by atoms with Gasteiger partial charge in [0, 0.05) is 87.0 Å². The zero-order chi connectivity index (χ0) is 27.0. The fourth-order valence-corrected chi connectivity index (χ4v) is 5.00. The van der Waals surface area contributed by atoms with Crippen LogP contribution in [0.3, 0.4) is 0 Å². The smallest absolute Gasteiger partial charge is 0.227 e. The number of pyridine rings is 1. The normalized spacial score (nSPS) is 14.3. The molecule has 0 saturated carbocycles. The van der Waals surface area contributed by atoms with Crippen molar-refractivity contribution < 1.29 is 4.79 Å². The highest BCUT2D eigenvalue weighted by atomic mass is 35.5. The number of nitrogens with zero attached hydrogens (tertiary/aromatic N) is 5. The molecule has 2 aromatic heterocycles. The maximum Gasteiger partial charge on any atom is 0.227 e. The van der Waals surface area contributed by atoms with E-state index in [0.29, 0.717) is 18.2 Å². The summed E-state index contributed by atoms with van der Waals surface area (Å²) in [5.41, 5.74) is 6.55. The summed E-state index contributed by atoms with van der Waals surface area (Å²) in [6, 6.07) is 19.8. The third-order valence-electron chi connectivity index (χ3n) is 7.07. The van der Waals surface area contributed by atoms with Crippen molar-refractivity contribution in [1.29, 1.82) is 0 Å². The highest BCUT2D eigenvalue weighted by Crippen LogP contribution is 2.23. The highest BCUT2D eigenvalue weighted by molar-refractivity contribution is 6.18. The minimum atomic E-state index is 0.0980. The third-order valence-corrected chi connectivity index (χ3v) is 7.24. The summed E-state index contributed by atoms with van der Waals surface area (Å²) in [4.78, 5) is 31.1. The molecule has 0 aliphatic carbocycles. The van der Waals surface area contributed by atoms with Crippen molar-refractivity contribution in [2.24, 2.45) is 0 Å². The van der Waals surface area contributed by atoms with Crippen LogP contribution in [0.2, 0.25) is 0 Å². The second kappa shape index (κ2) is 12.9. The van der Waals surface area contributed by atoms with Crippen LogP contribution < -0.4 is 5.32 Å². The first-order valence-electron chi connectivity index (χ1n) is 13.3. The summed E-state index contributed by atoms with van der Waals surface area (Å²) >= 11 is 5.87. The largest absolute Gasteiger partial charge is 0.324 e. The molecule has 0 unspecified atom stereocenters. The van der Waals surface area contributed by atoms with Crippen LogP contribution in [0.4, 0.5) is 11.6 Å². The van der Waals surface area contributed by atoms with E-state index in [1.165, 1.54) is 5.56 Å². The lowest BCUT2D eigenvalue weighted by Crippen LogP contribution is -2.46. The Labute approximate surface area is 234 Å². The molecule has 5 rings (SSSR count). The number of hydrogen-bond acceptors (Lipinski definition) is 7. The molecule has 0 bridgehead atoms. The number of rotatable bonds is 10. The first kappa shape index (κ1) is 26.9. The number of halogens is 1. The van der Waals surface area contributed by atoms with Crippen molar-refractivity contribution in [3.8, 4) is 11.3 Å². The number of piperazine rings is 1. The molecular formula is C31H33ClN6O. The summed E-state index contributed by atoms with van der Waals surface area (Å²) in [5.74, 6) is 1.28. The van der Waals surface area contributed by atoms with Gasteiger partial charge in [-0.3, -0.25) is 19.6 Å². The maximum atomic E-state index is 13.1. The molecular weight excluding hydrogens is 508 g/mol. The number of anilines is 2. The van der Waals surface area contributed by atoms with Crippen molar-refractivity contribution in [1.82, 2.24) is 24.8 Å². The van der Waals surface area contributed by atoms with Gasteiger partial charge in [-0.1, -0.05) is 36.4 Å². The molecule has 200 valence electrons. The van der Waals surface area contributed by atoms with E-state index in [9.17, 15) is 4.79 Å². The van der Waals surface area contributed by atoms with E-state index < -0.39 is 0 Å². The SMILES string of the molecule is Cc1ccc(CC(=O)c2ccc(CN3CCN(CCCl)CC3)cc2)cc1Nc1nccc(-c2cccnc2)n1. The van der Waals surface area contributed by atoms with Crippen molar-refractivity contribution in [2.45, 2.75) is 19.9 Å². The van der Waals surface area contributed by atoms with Crippen LogP contribution in [-0.2, 0) is 13.0 Å². The van der Waals surface area contributed by atoms with Crippen LogP contribution in [0.25, 0.3) is 11.3 Å². The van der Waals surface area contributed by atoms with Crippen LogP contribution >= 0.6 is 11.6 Å². The molecule has 1 aliphatic heterocycles. The predicted molar refractivity (Wildman–Crippen MR) is 157 cm³/mol. The van der Waals surface area contributed by atoms with Gasteiger partial charge in [0.2, 0.25) is 5.95 Å². The van der Waals surface area contributed by atoms with Crippen molar-refractivity contribution in [2.75, 3.05) is 43.9 Å². The molecule has 7 nitrogen and oxygen atoms in total. The van der Waals surface area contributed by atoms with Crippen LogP contribution in [0.1, 0.15) is 27.0 Å². The van der Waals surface area contributed by atoms with Gasteiger partial charge in [0.1, 0.15) is 0 Å². The number of aryl methyl sites for hydroxylation is 1. The minimum absolute atomic E-state index is 0.0980. The average molecular weight is 541 g/mol. The van der Waals surface area contributed by atoms with Crippen molar-refractivity contribution in [3.05, 3.63) is 102 Å². The molecule has 2 aromatic carbocycles. The fraction of sp³-hybridized carbons (Fsp3) is 0.290.